The maximum atomic E-state index is 12.9. The molecule has 0 saturated heterocycles. The highest BCUT2D eigenvalue weighted by atomic mass is 19.1. The van der Waals surface area contributed by atoms with Crippen molar-refractivity contribution in [1.29, 1.82) is 0 Å². The molecule has 1 aromatic rings. The van der Waals surface area contributed by atoms with Gasteiger partial charge in [-0.15, -0.1) is 0 Å². The van der Waals surface area contributed by atoms with E-state index in [4.69, 9.17) is 0 Å². The summed E-state index contributed by atoms with van der Waals surface area (Å²) < 4.78 is 12.9. The minimum Gasteiger partial charge on any atom is -0.481 e. The molecule has 0 amide bonds. The van der Waals surface area contributed by atoms with Crippen LogP contribution in [-0.4, -0.2) is 24.2 Å². The van der Waals surface area contributed by atoms with E-state index in [1.54, 1.807) is 12.1 Å². The Labute approximate surface area is 113 Å². The fraction of sp³-hybridized carbons (Fsp3) is 0.533. The summed E-state index contributed by atoms with van der Waals surface area (Å²) in [5.74, 6) is -0.973. The maximum absolute atomic E-state index is 12.9. The number of hydrogen-bond acceptors (Lipinski definition) is 2. The first-order valence-electron chi connectivity index (χ1n) is 6.81. The van der Waals surface area contributed by atoms with Gasteiger partial charge in [-0.05, 0) is 44.0 Å². The summed E-state index contributed by atoms with van der Waals surface area (Å²) in [4.78, 5) is 13.6. The van der Waals surface area contributed by atoms with Crippen LogP contribution in [0.2, 0.25) is 0 Å². The van der Waals surface area contributed by atoms with E-state index >= 15 is 0 Å². The first-order valence-corrected chi connectivity index (χ1v) is 6.81. The Kier molecular flexibility index (Phi) is 4.08. The molecule has 1 aromatic carbocycles. The highest BCUT2D eigenvalue weighted by molar-refractivity contribution is 5.76. The van der Waals surface area contributed by atoms with Crippen molar-refractivity contribution in [2.24, 2.45) is 5.41 Å². The van der Waals surface area contributed by atoms with Crippen LogP contribution in [0.25, 0.3) is 0 Å². The molecule has 4 heteroatoms. The zero-order valence-corrected chi connectivity index (χ0v) is 11.2. The van der Waals surface area contributed by atoms with Gasteiger partial charge in [-0.2, -0.15) is 0 Å². The number of anilines is 1. The maximum Gasteiger partial charge on any atom is 0.311 e. The summed E-state index contributed by atoms with van der Waals surface area (Å²) >= 11 is 0. The lowest BCUT2D eigenvalue weighted by Gasteiger charge is -2.33. The number of carboxylic acid groups (broad SMARTS) is 1. The zero-order valence-electron chi connectivity index (χ0n) is 11.2. The van der Waals surface area contributed by atoms with Crippen molar-refractivity contribution >= 4 is 11.7 Å². The average molecular weight is 265 g/mol. The van der Waals surface area contributed by atoms with Crippen molar-refractivity contribution in [2.45, 2.75) is 32.6 Å². The molecule has 0 aliphatic heterocycles. The van der Waals surface area contributed by atoms with Crippen LogP contribution in [0.1, 0.15) is 32.6 Å². The number of carbonyl (C=O) groups is 1. The van der Waals surface area contributed by atoms with Crippen LogP contribution >= 0.6 is 0 Å². The zero-order chi connectivity index (χ0) is 13.9. The molecule has 1 saturated carbocycles. The molecular formula is C15H20FNO2. The van der Waals surface area contributed by atoms with Crippen molar-refractivity contribution in [2.75, 3.05) is 18.0 Å². The Morgan fingerprint density at radius 1 is 1.32 bits per heavy atom. The molecule has 0 radical (unpaired) electrons. The molecule has 2 rings (SSSR count). The van der Waals surface area contributed by atoms with Gasteiger partial charge in [0.05, 0.1) is 5.41 Å². The Hall–Kier alpha value is -1.58. The van der Waals surface area contributed by atoms with E-state index in [2.05, 4.69) is 0 Å². The second-order valence-corrected chi connectivity index (χ2v) is 5.28. The van der Waals surface area contributed by atoms with Gasteiger partial charge in [-0.1, -0.05) is 12.8 Å². The highest BCUT2D eigenvalue weighted by Gasteiger charge is 2.42. The van der Waals surface area contributed by atoms with Crippen molar-refractivity contribution in [3.8, 4) is 0 Å². The van der Waals surface area contributed by atoms with E-state index in [-0.39, 0.29) is 5.82 Å². The summed E-state index contributed by atoms with van der Waals surface area (Å²) in [7, 11) is 0. The lowest BCUT2D eigenvalue weighted by Crippen LogP contribution is -2.41. The third kappa shape index (κ3) is 2.88. The van der Waals surface area contributed by atoms with Crippen LogP contribution in [-0.2, 0) is 4.79 Å². The SMILES string of the molecule is CCN(CC1(C(=O)O)CCCC1)c1ccc(F)cc1. The van der Waals surface area contributed by atoms with Gasteiger partial charge in [-0.3, -0.25) is 4.79 Å². The van der Waals surface area contributed by atoms with Crippen LogP contribution in [0.4, 0.5) is 10.1 Å². The molecule has 0 atom stereocenters. The summed E-state index contributed by atoms with van der Waals surface area (Å²) in [6.45, 7) is 3.22. The highest BCUT2D eigenvalue weighted by Crippen LogP contribution is 2.39. The van der Waals surface area contributed by atoms with E-state index in [9.17, 15) is 14.3 Å². The van der Waals surface area contributed by atoms with Crippen LogP contribution < -0.4 is 4.90 Å². The predicted octanol–water partition coefficient (Wildman–Crippen LogP) is 3.30. The smallest absolute Gasteiger partial charge is 0.311 e. The number of nitrogens with zero attached hydrogens (tertiary/aromatic N) is 1. The van der Waals surface area contributed by atoms with Gasteiger partial charge >= 0.3 is 5.97 Å². The van der Waals surface area contributed by atoms with Gasteiger partial charge in [-0.25, -0.2) is 4.39 Å². The van der Waals surface area contributed by atoms with Crippen molar-refractivity contribution in [1.82, 2.24) is 0 Å². The molecule has 1 N–H and O–H groups in total. The quantitative estimate of drug-likeness (QED) is 0.888. The van der Waals surface area contributed by atoms with Crippen molar-refractivity contribution < 1.29 is 14.3 Å². The Morgan fingerprint density at radius 2 is 1.89 bits per heavy atom. The van der Waals surface area contributed by atoms with Gasteiger partial charge in [0, 0.05) is 18.8 Å². The molecule has 3 nitrogen and oxygen atoms in total. The van der Waals surface area contributed by atoms with E-state index < -0.39 is 11.4 Å². The number of halogens is 1. The molecule has 0 aromatic heterocycles. The second-order valence-electron chi connectivity index (χ2n) is 5.28. The third-order valence-electron chi connectivity index (χ3n) is 4.08. The van der Waals surface area contributed by atoms with Gasteiger partial charge in [0.2, 0.25) is 0 Å². The number of hydrogen-bond donors (Lipinski definition) is 1. The number of carboxylic acids is 1. The van der Waals surface area contributed by atoms with Crippen molar-refractivity contribution in [3.63, 3.8) is 0 Å². The topological polar surface area (TPSA) is 40.5 Å². The van der Waals surface area contributed by atoms with Gasteiger partial charge in [0.25, 0.3) is 0 Å². The summed E-state index contributed by atoms with van der Waals surface area (Å²) in [6.07, 6.45) is 3.43. The molecule has 19 heavy (non-hydrogen) atoms. The first kappa shape index (κ1) is 13.8. The van der Waals surface area contributed by atoms with Gasteiger partial charge < -0.3 is 10.0 Å². The lowest BCUT2D eigenvalue weighted by molar-refractivity contribution is -0.148. The number of rotatable bonds is 5. The molecule has 0 spiro atoms. The van der Waals surface area contributed by atoms with E-state index in [1.807, 2.05) is 11.8 Å². The molecular weight excluding hydrogens is 245 g/mol. The molecule has 0 bridgehead atoms. The first-order chi connectivity index (χ1) is 9.07. The molecule has 0 unspecified atom stereocenters. The van der Waals surface area contributed by atoms with E-state index in [0.29, 0.717) is 6.54 Å². The van der Waals surface area contributed by atoms with Crippen LogP contribution in [0, 0.1) is 11.2 Å². The minimum absolute atomic E-state index is 0.270. The normalized spacial score (nSPS) is 17.4. The van der Waals surface area contributed by atoms with Crippen LogP contribution in [0.15, 0.2) is 24.3 Å². The standard InChI is InChI=1S/C15H20FNO2/c1-2-17(13-7-5-12(16)6-8-13)11-15(14(18)19)9-3-4-10-15/h5-8H,2-4,9-11H2,1H3,(H,18,19). The van der Waals surface area contributed by atoms with Crippen LogP contribution in [0.5, 0.6) is 0 Å². The lowest BCUT2D eigenvalue weighted by atomic mass is 9.85. The Balaban J connectivity index is 2.18. The summed E-state index contributed by atoms with van der Waals surface area (Å²) in [6, 6.07) is 6.26. The third-order valence-corrected chi connectivity index (χ3v) is 4.08. The number of benzene rings is 1. The van der Waals surface area contributed by atoms with Gasteiger partial charge in [0.1, 0.15) is 5.82 Å². The van der Waals surface area contributed by atoms with E-state index in [1.165, 1.54) is 12.1 Å². The van der Waals surface area contributed by atoms with E-state index in [0.717, 1.165) is 37.9 Å². The summed E-state index contributed by atoms with van der Waals surface area (Å²) in [5, 5.41) is 9.51. The molecule has 0 heterocycles. The van der Waals surface area contributed by atoms with Crippen LogP contribution in [0.3, 0.4) is 0 Å². The predicted molar refractivity (Wildman–Crippen MR) is 72.8 cm³/mol. The Morgan fingerprint density at radius 3 is 2.37 bits per heavy atom. The fourth-order valence-electron chi connectivity index (χ4n) is 2.89. The molecule has 1 aliphatic carbocycles. The van der Waals surface area contributed by atoms with Gasteiger partial charge in [0.15, 0.2) is 0 Å². The molecule has 104 valence electrons. The summed E-state index contributed by atoms with van der Waals surface area (Å²) in [5.41, 5.74) is 0.251. The Bertz CT molecular complexity index is 438. The molecule has 1 fully saturated rings. The number of aliphatic carboxylic acids is 1. The average Bonchev–Trinajstić information content (AvgIpc) is 2.87. The van der Waals surface area contributed by atoms with Crippen molar-refractivity contribution in [3.05, 3.63) is 30.1 Å². The minimum atomic E-state index is -0.703. The second kappa shape index (κ2) is 5.59. The fourth-order valence-corrected chi connectivity index (χ4v) is 2.89. The molecule has 1 aliphatic rings. The largest absolute Gasteiger partial charge is 0.481 e. The monoisotopic (exact) mass is 265 g/mol.